The first-order chi connectivity index (χ1) is 9.11. The molecular formula is C13H27IN4OS. The summed E-state index contributed by atoms with van der Waals surface area (Å²) in [4.78, 5) is 17.3. The van der Waals surface area contributed by atoms with Gasteiger partial charge in [-0.15, -0.1) is 30.6 Å². The van der Waals surface area contributed by atoms with Crippen molar-refractivity contribution < 1.29 is 4.79 Å². The van der Waals surface area contributed by atoms with Gasteiger partial charge in [-0.25, -0.2) is 4.99 Å². The van der Waals surface area contributed by atoms with Crippen LogP contribution in [-0.2, 0) is 4.79 Å². The molecule has 0 spiro atoms. The van der Waals surface area contributed by atoms with Crippen molar-refractivity contribution in [2.75, 3.05) is 45.2 Å². The lowest BCUT2D eigenvalue weighted by molar-refractivity contribution is -0.127. The summed E-state index contributed by atoms with van der Waals surface area (Å²) in [7, 11) is 3.46. The van der Waals surface area contributed by atoms with Gasteiger partial charge in [0.1, 0.15) is 6.54 Å². The number of rotatable bonds is 9. The minimum Gasteiger partial charge on any atom is -0.356 e. The van der Waals surface area contributed by atoms with Gasteiger partial charge in [-0.05, 0) is 6.42 Å². The van der Waals surface area contributed by atoms with Gasteiger partial charge in [0.25, 0.3) is 0 Å². The molecule has 0 aromatic rings. The molecule has 20 heavy (non-hydrogen) atoms. The number of amides is 1. The molecule has 0 aromatic heterocycles. The minimum atomic E-state index is -0.00127. The third kappa shape index (κ3) is 12.6. The van der Waals surface area contributed by atoms with Gasteiger partial charge < -0.3 is 15.5 Å². The van der Waals surface area contributed by atoms with Crippen LogP contribution in [0.4, 0.5) is 0 Å². The van der Waals surface area contributed by atoms with Crippen molar-refractivity contribution in [1.29, 1.82) is 0 Å². The van der Waals surface area contributed by atoms with E-state index in [0.717, 1.165) is 31.0 Å². The first-order valence-electron chi connectivity index (χ1n) is 6.52. The van der Waals surface area contributed by atoms with E-state index >= 15 is 0 Å². The molecule has 0 heterocycles. The maximum Gasteiger partial charge on any atom is 0.243 e. The molecule has 0 bridgehead atoms. The van der Waals surface area contributed by atoms with E-state index in [1.165, 1.54) is 0 Å². The zero-order valence-electron chi connectivity index (χ0n) is 12.6. The minimum absolute atomic E-state index is 0. The Kier molecular flexibility index (Phi) is 16.3. The Bertz CT molecular complexity index is 298. The molecule has 0 atom stereocenters. The Labute approximate surface area is 144 Å². The fourth-order valence-corrected chi connectivity index (χ4v) is 1.69. The third-order valence-electron chi connectivity index (χ3n) is 2.19. The molecule has 0 unspecified atom stereocenters. The van der Waals surface area contributed by atoms with E-state index in [2.05, 4.69) is 29.1 Å². The average Bonchev–Trinajstić information content (AvgIpc) is 2.40. The summed E-state index contributed by atoms with van der Waals surface area (Å²) in [5, 5.41) is 6.41. The SMILES string of the molecule is C=CCSCCNC(=NCC(=O)N(C)C)NCCC.I. The molecule has 0 fully saturated rings. The summed E-state index contributed by atoms with van der Waals surface area (Å²) in [6.07, 6.45) is 2.91. The third-order valence-corrected chi connectivity index (χ3v) is 3.15. The number of nitrogens with one attached hydrogen (secondary N) is 2. The Hall–Kier alpha value is -0.440. The number of likely N-dealkylation sites (N-methyl/N-ethyl adjacent to an activating group) is 1. The smallest absolute Gasteiger partial charge is 0.243 e. The highest BCUT2D eigenvalue weighted by atomic mass is 127. The van der Waals surface area contributed by atoms with Crippen molar-refractivity contribution >= 4 is 47.6 Å². The fourth-order valence-electron chi connectivity index (χ4n) is 1.11. The van der Waals surface area contributed by atoms with Crippen LogP contribution in [0, 0.1) is 0 Å². The second-order valence-electron chi connectivity index (χ2n) is 4.17. The van der Waals surface area contributed by atoms with Crippen LogP contribution in [0.1, 0.15) is 13.3 Å². The number of halogens is 1. The molecule has 0 aliphatic heterocycles. The number of guanidine groups is 1. The summed E-state index contributed by atoms with van der Waals surface area (Å²) >= 11 is 1.81. The highest BCUT2D eigenvalue weighted by Crippen LogP contribution is 1.96. The summed E-state index contributed by atoms with van der Waals surface area (Å²) in [6, 6.07) is 0. The predicted octanol–water partition coefficient (Wildman–Crippen LogP) is 1.56. The van der Waals surface area contributed by atoms with Crippen LogP contribution in [0.2, 0.25) is 0 Å². The summed E-state index contributed by atoms with van der Waals surface area (Å²) in [6.45, 7) is 7.62. The van der Waals surface area contributed by atoms with E-state index in [1.54, 1.807) is 19.0 Å². The molecule has 0 saturated heterocycles. The van der Waals surface area contributed by atoms with Crippen LogP contribution in [0.3, 0.4) is 0 Å². The molecule has 0 saturated carbocycles. The van der Waals surface area contributed by atoms with Crippen LogP contribution in [0.5, 0.6) is 0 Å². The van der Waals surface area contributed by atoms with Gasteiger partial charge in [-0.3, -0.25) is 4.79 Å². The maximum atomic E-state index is 11.5. The van der Waals surface area contributed by atoms with Crippen LogP contribution in [0.25, 0.3) is 0 Å². The van der Waals surface area contributed by atoms with Crippen molar-refractivity contribution in [2.45, 2.75) is 13.3 Å². The lowest BCUT2D eigenvalue weighted by atomic mass is 10.5. The van der Waals surface area contributed by atoms with E-state index in [0.29, 0.717) is 5.96 Å². The quantitative estimate of drug-likeness (QED) is 0.198. The zero-order chi connectivity index (χ0) is 14.5. The van der Waals surface area contributed by atoms with Crippen LogP contribution in [-0.4, -0.2) is 62.0 Å². The Morgan fingerprint density at radius 1 is 1.35 bits per heavy atom. The lowest BCUT2D eigenvalue weighted by Gasteiger charge is -2.13. The van der Waals surface area contributed by atoms with Gasteiger partial charge in [0.15, 0.2) is 5.96 Å². The Morgan fingerprint density at radius 2 is 2.00 bits per heavy atom. The second-order valence-corrected chi connectivity index (χ2v) is 5.32. The number of thioether (sulfide) groups is 1. The van der Waals surface area contributed by atoms with Crippen molar-refractivity contribution in [3.63, 3.8) is 0 Å². The van der Waals surface area contributed by atoms with E-state index in [9.17, 15) is 4.79 Å². The number of nitrogens with zero attached hydrogens (tertiary/aromatic N) is 2. The first kappa shape index (κ1) is 21.9. The normalized spacial score (nSPS) is 10.4. The van der Waals surface area contributed by atoms with E-state index < -0.39 is 0 Å². The van der Waals surface area contributed by atoms with Gasteiger partial charge in [0.05, 0.1) is 0 Å². The largest absolute Gasteiger partial charge is 0.356 e. The standard InChI is InChI=1S/C13H26N4OS.HI/c1-5-7-14-13(15-8-10-19-9-6-2)16-11-12(18)17(3)4;/h6H,2,5,7-11H2,1,3-4H3,(H2,14,15,16);1H. The number of carbonyl (C=O) groups excluding carboxylic acids is 1. The highest BCUT2D eigenvalue weighted by Gasteiger charge is 2.03. The number of hydrogen-bond acceptors (Lipinski definition) is 3. The molecule has 2 N–H and O–H groups in total. The zero-order valence-corrected chi connectivity index (χ0v) is 15.8. The molecule has 0 radical (unpaired) electrons. The Morgan fingerprint density at radius 3 is 2.55 bits per heavy atom. The molecule has 5 nitrogen and oxygen atoms in total. The molecule has 1 amide bonds. The van der Waals surface area contributed by atoms with Gasteiger partial charge in [-0.2, -0.15) is 11.8 Å². The number of hydrogen-bond donors (Lipinski definition) is 2. The van der Waals surface area contributed by atoms with Crippen LogP contribution < -0.4 is 10.6 Å². The molecule has 0 aliphatic carbocycles. The lowest BCUT2D eigenvalue weighted by Crippen LogP contribution is -2.39. The van der Waals surface area contributed by atoms with E-state index in [1.807, 2.05) is 17.8 Å². The van der Waals surface area contributed by atoms with Crippen LogP contribution in [0.15, 0.2) is 17.6 Å². The molecule has 0 aromatic carbocycles. The number of aliphatic imine (C=N–C) groups is 1. The molecule has 118 valence electrons. The molecule has 0 aliphatic rings. The second kappa shape index (κ2) is 15.0. The maximum absolute atomic E-state index is 11.5. The van der Waals surface area contributed by atoms with E-state index in [4.69, 9.17) is 0 Å². The van der Waals surface area contributed by atoms with E-state index in [-0.39, 0.29) is 36.4 Å². The molecular weight excluding hydrogens is 387 g/mol. The van der Waals surface area contributed by atoms with Crippen molar-refractivity contribution in [1.82, 2.24) is 15.5 Å². The fraction of sp³-hybridized carbons (Fsp3) is 0.692. The van der Waals surface area contributed by atoms with Crippen molar-refractivity contribution in [3.8, 4) is 0 Å². The summed E-state index contributed by atoms with van der Waals surface area (Å²) in [5.41, 5.74) is 0. The van der Waals surface area contributed by atoms with Crippen molar-refractivity contribution in [2.24, 2.45) is 4.99 Å². The van der Waals surface area contributed by atoms with Crippen LogP contribution >= 0.6 is 35.7 Å². The topological polar surface area (TPSA) is 56.7 Å². The van der Waals surface area contributed by atoms with Gasteiger partial charge in [-0.1, -0.05) is 13.0 Å². The number of carbonyl (C=O) groups is 1. The van der Waals surface area contributed by atoms with Gasteiger partial charge >= 0.3 is 0 Å². The molecule has 7 heteroatoms. The average molecular weight is 414 g/mol. The highest BCUT2D eigenvalue weighted by molar-refractivity contribution is 14.0. The van der Waals surface area contributed by atoms with Crippen molar-refractivity contribution in [3.05, 3.63) is 12.7 Å². The first-order valence-corrected chi connectivity index (χ1v) is 7.68. The van der Waals surface area contributed by atoms with Gasteiger partial charge in [0, 0.05) is 38.7 Å². The Balaban J connectivity index is 0. The predicted molar refractivity (Wildman–Crippen MR) is 100 cm³/mol. The summed E-state index contributed by atoms with van der Waals surface area (Å²) < 4.78 is 0. The molecule has 0 rings (SSSR count). The van der Waals surface area contributed by atoms with Gasteiger partial charge in [0.2, 0.25) is 5.91 Å². The summed E-state index contributed by atoms with van der Waals surface area (Å²) in [5.74, 6) is 2.64. The monoisotopic (exact) mass is 414 g/mol.